The number of piperazine rings is 1. The summed E-state index contributed by atoms with van der Waals surface area (Å²) in [7, 11) is 3.97. The summed E-state index contributed by atoms with van der Waals surface area (Å²) < 4.78 is 0. The molecule has 2 saturated heterocycles. The van der Waals surface area contributed by atoms with Gasteiger partial charge in [-0.25, -0.2) is 0 Å². The number of carbonyl (C=O) groups excluding carboxylic acids is 1. The molecule has 0 aliphatic carbocycles. The van der Waals surface area contributed by atoms with Crippen molar-refractivity contribution in [2.24, 2.45) is 4.99 Å². The van der Waals surface area contributed by atoms with E-state index >= 15 is 0 Å². The van der Waals surface area contributed by atoms with E-state index in [-0.39, 0.29) is 11.9 Å². The van der Waals surface area contributed by atoms with Crippen LogP contribution in [-0.4, -0.2) is 87.6 Å². The molecule has 0 bridgehead atoms. The van der Waals surface area contributed by atoms with Gasteiger partial charge in [-0.3, -0.25) is 9.79 Å². The van der Waals surface area contributed by atoms with Crippen LogP contribution in [-0.2, 0) is 4.79 Å². The van der Waals surface area contributed by atoms with Crippen molar-refractivity contribution in [2.75, 3.05) is 64.8 Å². The van der Waals surface area contributed by atoms with Crippen molar-refractivity contribution in [1.29, 1.82) is 0 Å². The SMILES string of the molecule is CN=C(NCCCCN1CCN(C)CC1)NC1CC(=O)N(c2ccccc2)C1. The van der Waals surface area contributed by atoms with Gasteiger partial charge in [-0.05, 0) is 38.6 Å². The minimum atomic E-state index is 0.0873. The number of carbonyl (C=O) groups is 1. The number of nitrogens with zero attached hydrogens (tertiary/aromatic N) is 4. The highest BCUT2D eigenvalue weighted by molar-refractivity contribution is 5.97. The molecule has 3 rings (SSSR count). The van der Waals surface area contributed by atoms with Gasteiger partial charge in [-0.2, -0.15) is 0 Å². The first-order chi connectivity index (χ1) is 13.7. The summed E-state index contributed by atoms with van der Waals surface area (Å²) in [4.78, 5) is 23.5. The summed E-state index contributed by atoms with van der Waals surface area (Å²) in [5, 5.41) is 6.79. The molecule has 1 atom stereocenters. The molecule has 0 radical (unpaired) electrons. The van der Waals surface area contributed by atoms with Gasteiger partial charge in [0.05, 0.1) is 6.04 Å². The van der Waals surface area contributed by atoms with Crippen molar-refractivity contribution in [2.45, 2.75) is 25.3 Å². The number of rotatable bonds is 7. The van der Waals surface area contributed by atoms with E-state index in [0.29, 0.717) is 13.0 Å². The maximum absolute atomic E-state index is 12.3. The van der Waals surface area contributed by atoms with E-state index in [1.54, 1.807) is 7.05 Å². The molecule has 1 amide bonds. The van der Waals surface area contributed by atoms with E-state index in [2.05, 4.69) is 32.5 Å². The summed E-state index contributed by atoms with van der Waals surface area (Å²) in [6.07, 6.45) is 2.81. The molecule has 1 unspecified atom stereocenters. The zero-order chi connectivity index (χ0) is 19.8. The number of unbranched alkanes of at least 4 members (excludes halogenated alkanes) is 1. The molecule has 7 heteroatoms. The van der Waals surface area contributed by atoms with E-state index in [9.17, 15) is 4.79 Å². The molecule has 0 spiro atoms. The lowest BCUT2D eigenvalue weighted by atomic mass is 10.2. The lowest BCUT2D eigenvalue weighted by molar-refractivity contribution is -0.117. The fourth-order valence-corrected chi connectivity index (χ4v) is 3.79. The van der Waals surface area contributed by atoms with Crippen molar-refractivity contribution < 1.29 is 4.79 Å². The summed E-state index contributed by atoms with van der Waals surface area (Å²) in [6.45, 7) is 7.46. The van der Waals surface area contributed by atoms with Crippen LogP contribution in [0.5, 0.6) is 0 Å². The summed E-state index contributed by atoms with van der Waals surface area (Å²) in [6, 6.07) is 9.94. The van der Waals surface area contributed by atoms with Gasteiger partial charge < -0.3 is 25.3 Å². The van der Waals surface area contributed by atoms with Crippen LogP contribution in [0, 0.1) is 0 Å². The van der Waals surface area contributed by atoms with Gasteiger partial charge in [0.1, 0.15) is 0 Å². The lowest BCUT2D eigenvalue weighted by Crippen LogP contribution is -2.45. The molecule has 1 aromatic carbocycles. The van der Waals surface area contributed by atoms with Gasteiger partial charge in [-0.15, -0.1) is 0 Å². The summed E-state index contributed by atoms with van der Waals surface area (Å²) >= 11 is 0. The largest absolute Gasteiger partial charge is 0.356 e. The number of aliphatic imine (C=N–C) groups is 1. The summed E-state index contributed by atoms with van der Waals surface area (Å²) in [5.41, 5.74) is 0.962. The number of para-hydroxylation sites is 1. The predicted molar refractivity (Wildman–Crippen MR) is 115 cm³/mol. The minimum Gasteiger partial charge on any atom is -0.356 e. The Morgan fingerprint density at radius 1 is 1.14 bits per heavy atom. The Bertz CT molecular complexity index is 642. The molecule has 2 aliphatic rings. The first kappa shape index (κ1) is 20.6. The molecule has 2 heterocycles. The average Bonchev–Trinajstić information content (AvgIpc) is 3.09. The fraction of sp³-hybridized carbons (Fsp3) is 0.619. The number of benzene rings is 1. The predicted octanol–water partition coefficient (Wildman–Crippen LogP) is 0.985. The molecule has 2 fully saturated rings. The Morgan fingerprint density at radius 3 is 2.61 bits per heavy atom. The third-order valence-corrected chi connectivity index (χ3v) is 5.55. The highest BCUT2D eigenvalue weighted by atomic mass is 16.2. The van der Waals surface area contributed by atoms with E-state index in [1.807, 2.05) is 35.2 Å². The quantitative estimate of drug-likeness (QED) is 0.416. The van der Waals surface area contributed by atoms with Crippen LogP contribution >= 0.6 is 0 Å². The van der Waals surface area contributed by atoms with Crippen LogP contribution < -0.4 is 15.5 Å². The number of nitrogens with one attached hydrogen (secondary N) is 2. The molecular formula is C21H34N6O. The van der Waals surface area contributed by atoms with Gasteiger partial charge >= 0.3 is 0 Å². The van der Waals surface area contributed by atoms with Crippen molar-refractivity contribution in [3.63, 3.8) is 0 Å². The topological polar surface area (TPSA) is 63.2 Å². The van der Waals surface area contributed by atoms with Crippen LogP contribution in [0.15, 0.2) is 35.3 Å². The molecule has 7 nitrogen and oxygen atoms in total. The molecule has 28 heavy (non-hydrogen) atoms. The second kappa shape index (κ2) is 10.4. The standard InChI is InChI=1S/C21H34N6O/c1-22-21(23-10-6-7-11-26-14-12-25(2)13-15-26)24-18-16-20(28)27(17-18)19-8-4-3-5-9-19/h3-5,8-9,18H,6-7,10-17H2,1-2H3,(H2,22,23,24). The maximum Gasteiger partial charge on any atom is 0.229 e. The van der Waals surface area contributed by atoms with Crippen molar-refractivity contribution in [3.8, 4) is 0 Å². The molecular weight excluding hydrogens is 352 g/mol. The first-order valence-electron chi connectivity index (χ1n) is 10.4. The van der Waals surface area contributed by atoms with Gasteiger partial charge in [0.15, 0.2) is 5.96 Å². The Kier molecular flexibility index (Phi) is 7.68. The Morgan fingerprint density at radius 2 is 1.89 bits per heavy atom. The third kappa shape index (κ3) is 5.94. The monoisotopic (exact) mass is 386 g/mol. The Balaban J connectivity index is 1.34. The number of guanidine groups is 1. The Labute approximate surface area is 168 Å². The normalized spacial score (nSPS) is 21.9. The average molecular weight is 387 g/mol. The molecule has 0 aromatic heterocycles. The molecule has 2 N–H and O–H groups in total. The number of hydrogen-bond donors (Lipinski definition) is 2. The highest BCUT2D eigenvalue weighted by Crippen LogP contribution is 2.20. The van der Waals surface area contributed by atoms with Gasteiger partial charge in [0.2, 0.25) is 5.91 Å². The maximum atomic E-state index is 12.3. The van der Waals surface area contributed by atoms with Gasteiger partial charge in [0, 0.05) is 58.4 Å². The Hall–Kier alpha value is -2.12. The summed E-state index contributed by atoms with van der Waals surface area (Å²) in [5.74, 6) is 0.943. The zero-order valence-electron chi connectivity index (χ0n) is 17.2. The van der Waals surface area contributed by atoms with Crippen LogP contribution in [0.3, 0.4) is 0 Å². The van der Waals surface area contributed by atoms with Gasteiger partial charge in [0.25, 0.3) is 0 Å². The lowest BCUT2D eigenvalue weighted by Gasteiger charge is -2.32. The molecule has 1 aromatic rings. The second-order valence-electron chi connectivity index (χ2n) is 7.74. The van der Waals surface area contributed by atoms with Gasteiger partial charge in [-0.1, -0.05) is 18.2 Å². The highest BCUT2D eigenvalue weighted by Gasteiger charge is 2.30. The van der Waals surface area contributed by atoms with E-state index in [0.717, 1.165) is 24.6 Å². The van der Waals surface area contributed by atoms with Crippen molar-refractivity contribution in [3.05, 3.63) is 30.3 Å². The van der Waals surface area contributed by atoms with Crippen LogP contribution in [0.4, 0.5) is 5.69 Å². The number of likely N-dealkylation sites (N-methyl/N-ethyl adjacent to an activating group) is 1. The van der Waals surface area contributed by atoms with E-state index < -0.39 is 0 Å². The fourth-order valence-electron chi connectivity index (χ4n) is 3.79. The van der Waals surface area contributed by atoms with Crippen molar-refractivity contribution in [1.82, 2.24) is 20.4 Å². The second-order valence-corrected chi connectivity index (χ2v) is 7.74. The van der Waals surface area contributed by atoms with E-state index in [1.165, 1.54) is 39.1 Å². The number of hydrogen-bond acceptors (Lipinski definition) is 4. The number of anilines is 1. The van der Waals surface area contributed by atoms with Crippen LogP contribution in [0.1, 0.15) is 19.3 Å². The van der Waals surface area contributed by atoms with Crippen molar-refractivity contribution >= 4 is 17.6 Å². The minimum absolute atomic E-state index is 0.0873. The number of amides is 1. The first-order valence-corrected chi connectivity index (χ1v) is 10.4. The molecule has 2 aliphatic heterocycles. The van der Waals surface area contributed by atoms with Crippen LogP contribution in [0.25, 0.3) is 0 Å². The van der Waals surface area contributed by atoms with Crippen LogP contribution in [0.2, 0.25) is 0 Å². The molecule has 154 valence electrons. The smallest absolute Gasteiger partial charge is 0.229 e. The zero-order valence-corrected chi connectivity index (χ0v) is 17.2. The third-order valence-electron chi connectivity index (χ3n) is 5.55. The molecule has 0 saturated carbocycles. The van der Waals surface area contributed by atoms with E-state index in [4.69, 9.17) is 0 Å².